The maximum absolute atomic E-state index is 9.70. The summed E-state index contributed by atoms with van der Waals surface area (Å²) < 4.78 is 0. The first-order valence-corrected chi connectivity index (χ1v) is 8.54. The van der Waals surface area contributed by atoms with Gasteiger partial charge in [-0.3, -0.25) is 0 Å². The van der Waals surface area contributed by atoms with Crippen molar-refractivity contribution in [2.24, 2.45) is 0 Å². The summed E-state index contributed by atoms with van der Waals surface area (Å²) in [6.07, 6.45) is 0.0670. The van der Waals surface area contributed by atoms with E-state index in [1.807, 2.05) is 48.5 Å². The number of benzene rings is 3. The number of halogens is 1. The van der Waals surface area contributed by atoms with Crippen LogP contribution in [0, 0.1) is 0 Å². The Morgan fingerprint density at radius 3 is 1.60 bits per heavy atom. The summed E-state index contributed by atoms with van der Waals surface area (Å²) in [5.41, 5.74) is 4.37. The number of alkyl halides is 1. The molecule has 0 spiro atoms. The van der Waals surface area contributed by atoms with Crippen LogP contribution in [0.1, 0.15) is 5.56 Å². The predicted molar refractivity (Wildman–Crippen MR) is 102 cm³/mol. The molecule has 0 saturated heterocycles. The number of hydrogen-bond donors (Lipinski definition) is 1. The zero-order chi connectivity index (χ0) is 16.8. The molecule has 0 heterocycles. The first kappa shape index (κ1) is 19.5. The van der Waals surface area contributed by atoms with E-state index >= 15 is 0 Å². The minimum Gasteiger partial charge on any atom is -0.392 e. The van der Waals surface area contributed by atoms with Gasteiger partial charge in [0, 0.05) is 39.7 Å². The number of hydrogen-bond acceptors (Lipinski definition) is 2. The fourth-order valence-electron chi connectivity index (χ4n) is 2.71. The predicted octanol–water partition coefficient (Wildman–Crippen LogP) is 5.30. The zero-order valence-corrected chi connectivity index (χ0v) is 15.5. The molecule has 0 aliphatic carbocycles. The molecule has 0 aliphatic rings. The third-order valence-corrected chi connectivity index (χ3v) is 4.23. The molecule has 0 aromatic heterocycles. The summed E-state index contributed by atoms with van der Waals surface area (Å²) in [7, 11) is 0. The molecule has 1 N–H and O–H groups in total. The van der Waals surface area contributed by atoms with E-state index in [2.05, 4.69) is 41.3 Å². The van der Waals surface area contributed by atoms with Crippen molar-refractivity contribution in [3.63, 3.8) is 0 Å². The standard InChI is InChI=1S/C21H20ClNO.Co/c22-16-21(24)15-17-11-13-20(14-12-17)23(18-7-3-1-4-8-18)19-9-5-2-6-10-19;/h1-14,21,24H,15-16H2;. The Kier molecular flexibility index (Phi) is 7.53. The molecule has 0 amide bonds. The summed E-state index contributed by atoms with van der Waals surface area (Å²) in [6, 6.07) is 28.8. The number of aliphatic hydroxyl groups is 1. The average molecular weight is 397 g/mol. The molecule has 0 bridgehead atoms. The smallest absolute Gasteiger partial charge is 0.0715 e. The molecule has 4 heteroatoms. The third kappa shape index (κ3) is 5.09. The van der Waals surface area contributed by atoms with Crippen molar-refractivity contribution >= 4 is 28.7 Å². The van der Waals surface area contributed by atoms with Crippen molar-refractivity contribution in [2.45, 2.75) is 12.5 Å². The Balaban J connectivity index is 0.00000225. The number of anilines is 3. The Morgan fingerprint density at radius 1 is 0.720 bits per heavy atom. The molecule has 25 heavy (non-hydrogen) atoms. The SMILES string of the molecule is OC(CCl)Cc1ccc(N(c2ccccc2)c2ccccc2)cc1.[Co]. The molecule has 3 aromatic carbocycles. The van der Waals surface area contributed by atoms with Crippen LogP contribution in [0.2, 0.25) is 0 Å². The Hall–Kier alpha value is -1.78. The van der Waals surface area contributed by atoms with Crippen LogP contribution in [0.5, 0.6) is 0 Å². The van der Waals surface area contributed by atoms with Crippen LogP contribution >= 0.6 is 11.6 Å². The van der Waals surface area contributed by atoms with Crippen molar-refractivity contribution in [2.75, 3.05) is 10.8 Å². The van der Waals surface area contributed by atoms with Crippen LogP contribution in [0.3, 0.4) is 0 Å². The van der Waals surface area contributed by atoms with Crippen molar-refractivity contribution in [1.82, 2.24) is 0 Å². The minimum atomic E-state index is -0.503. The minimum absolute atomic E-state index is 0. The second kappa shape index (κ2) is 9.64. The molecule has 3 rings (SSSR count). The molecule has 2 nitrogen and oxygen atoms in total. The molecular weight excluding hydrogens is 377 g/mol. The van der Waals surface area contributed by atoms with E-state index in [0.717, 1.165) is 22.6 Å². The molecule has 131 valence electrons. The topological polar surface area (TPSA) is 23.5 Å². The Bertz CT molecular complexity index is 710. The molecule has 0 aliphatic heterocycles. The van der Waals surface area contributed by atoms with Gasteiger partial charge in [-0.25, -0.2) is 0 Å². The van der Waals surface area contributed by atoms with Crippen molar-refractivity contribution in [3.05, 3.63) is 90.5 Å². The van der Waals surface area contributed by atoms with Crippen molar-refractivity contribution in [1.29, 1.82) is 0 Å². The van der Waals surface area contributed by atoms with Gasteiger partial charge in [0.15, 0.2) is 0 Å². The van der Waals surface area contributed by atoms with Gasteiger partial charge in [-0.1, -0.05) is 48.5 Å². The first-order chi connectivity index (χ1) is 11.8. The third-order valence-electron chi connectivity index (χ3n) is 3.87. The van der Waals surface area contributed by atoms with Crippen molar-refractivity contribution < 1.29 is 21.9 Å². The normalized spacial score (nSPS) is 11.4. The van der Waals surface area contributed by atoms with Crippen LogP contribution in [0.15, 0.2) is 84.9 Å². The van der Waals surface area contributed by atoms with Gasteiger partial charge in [0.25, 0.3) is 0 Å². The van der Waals surface area contributed by atoms with E-state index < -0.39 is 6.10 Å². The molecule has 0 saturated carbocycles. The summed E-state index contributed by atoms with van der Waals surface area (Å²) in [6.45, 7) is 0. The van der Waals surface area contributed by atoms with Crippen LogP contribution in [-0.2, 0) is 23.2 Å². The number of para-hydroxylation sites is 2. The van der Waals surface area contributed by atoms with E-state index in [1.54, 1.807) is 0 Å². The van der Waals surface area contributed by atoms with Gasteiger partial charge in [-0.15, -0.1) is 11.6 Å². The first-order valence-electron chi connectivity index (χ1n) is 8.01. The van der Waals surface area contributed by atoms with Gasteiger partial charge >= 0.3 is 0 Å². The molecule has 0 fully saturated rings. The monoisotopic (exact) mass is 396 g/mol. The second-order valence-electron chi connectivity index (χ2n) is 5.69. The van der Waals surface area contributed by atoms with E-state index in [4.69, 9.17) is 11.6 Å². The van der Waals surface area contributed by atoms with Crippen LogP contribution < -0.4 is 4.90 Å². The molecule has 3 aromatic rings. The van der Waals surface area contributed by atoms with E-state index in [0.29, 0.717) is 6.42 Å². The van der Waals surface area contributed by atoms with E-state index in [9.17, 15) is 5.11 Å². The molecule has 1 unspecified atom stereocenters. The molecule has 1 radical (unpaired) electrons. The Morgan fingerprint density at radius 2 is 1.16 bits per heavy atom. The zero-order valence-electron chi connectivity index (χ0n) is 13.7. The number of nitrogens with zero attached hydrogens (tertiary/aromatic N) is 1. The van der Waals surface area contributed by atoms with Gasteiger partial charge in [0.1, 0.15) is 0 Å². The summed E-state index contributed by atoms with van der Waals surface area (Å²) >= 11 is 5.69. The van der Waals surface area contributed by atoms with Crippen LogP contribution in [-0.4, -0.2) is 17.1 Å². The van der Waals surface area contributed by atoms with Gasteiger partial charge in [-0.2, -0.15) is 0 Å². The number of rotatable bonds is 6. The molecule has 1 atom stereocenters. The number of aliphatic hydroxyl groups excluding tert-OH is 1. The maximum Gasteiger partial charge on any atom is 0.0715 e. The van der Waals surface area contributed by atoms with Gasteiger partial charge in [0.2, 0.25) is 0 Å². The fraction of sp³-hybridized carbons (Fsp3) is 0.143. The van der Waals surface area contributed by atoms with Gasteiger partial charge < -0.3 is 10.0 Å². The second-order valence-corrected chi connectivity index (χ2v) is 5.99. The fourth-order valence-corrected chi connectivity index (χ4v) is 2.82. The van der Waals surface area contributed by atoms with E-state index in [1.165, 1.54) is 0 Å². The summed E-state index contributed by atoms with van der Waals surface area (Å²) in [5.74, 6) is 0.252. The van der Waals surface area contributed by atoms with Crippen LogP contribution in [0.4, 0.5) is 17.1 Å². The van der Waals surface area contributed by atoms with Gasteiger partial charge in [0.05, 0.1) is 6.10 Å². The molecular formula is C21H20ClCoNO. The quantitative estimate of drug-likeness (QED) is 0.572. The maximum atomic E-state index is 9.70. The van der Waals surface area contributed by atoms with Crippen molar-refractivity contribution in [3.8, 4) is 0 Å². The van der Waals surface area contributed by atoms with Gasteiger partial charge in [-0.05, 0) is 48.4 Å². The summed E-state index contributed by atoms with van der Waals surface area (Å²) in [4.78, 5) is 2.21. The Labute approximate surface area is 164 Å². The largest absolute Gasteiger partial charge is 0.392 e. The average Bonchev–Trinajstić information content (AvgIpc) is 2.65. The summed E-state index contributed by atoms with van der Waals surface area (Å²) in [5, 5.41) is 9.70. The van der Waals surface area contributed by atoms with Crippen LogP contribution in [0.25, 0.3) is 0 Å². The van der Waals surface area contributed by atoms with E-state index in [-0.39, 0.29) is 22.7 Å².